The lowest BCUT2D eigenvalue weighted by atomic mass is 9.88. The fraction of sp³-hybridized carbons (Fsp3) is 1.00. The van der Waals surface area contributed by atoms with Gasteiger partial charge < -0.3 is 4.74 Å². The minimum atomic E-state index is 0.617. The second-order valence-electron chi connectivity index (χ2n) is 4.57. The van der Waals surface area contributed by atoms with Crippen molar-refractivity contribution in [2.75, 3.05) is 0 Å². The lowest BCUT2D eigenvalue weighted by Gasteiger charge is -2.33. The molecule has 0 aromatic rings. The van der Waals surface area contributed by atoms with E-state index < -0.39 is 0 Å². The van der Waals surface area contributed by atoms with E-state index in [0.717, 1.165) is 5.92 Å². The normalized spacial score (nSPS) is 37.8. The maximum atomic E-state index is 5.98. The molecular weight excluding hydrogens is 148 g/mol. The van der Waals surface area contributed by atoms with E-state index in [-0.39, 0.29) is 0 Å². The number of hydrogen-bond donors (Lipinski definition) is 0. The monoisotopic (exact) mass is 168 g/mol. The first-order valence-corrected chi connectivity index (χ1v) is 5.50. The van der Waals surface area contributed by atoms with Gasteiger partial charge in [0, 0.05) is 0 Å². The van der Waals surface area contributed by atoms with E-state index in [1.165, 1.54) is 44.9 Å². The second kappa shape index (κ2) is 3.78. The van der Waals surface area contributed by atoms with Crippen LogP contribution in [-0.2, 0) is 4.74 Å². The average Bonchev–Trinajstić information content (AvgIpc) is 2.00. The van der Waals surface area contributed by atoms with Gasteiger partial charge in [-0.05, 0) is 50.9 Å². The van der Waals surface area contributed by atoms with Crippen molar-refractivity contribution in [3.8, 4) is 0 Å². The largest absolute Gasteiger partial charge is 0.375 e. The predicted octanol–water partition coefficient (Wildman–Crippen LogP) is 3.13. The Labute approximate surface area is 75.5 Å². The molecule has 2 saturated carbocycles. The van der Waals surface area contributed by atoms with Crippen LogP contribution in [0.3, 0.4) is 0 Å². The Morgan fingerprint density at radius 1 is 0.833 bits per heavy atom. The zero-order chi connectivity index (χ0) is 8.39. The Balaban J connectivity index is 1.67. The van der Waals surface area contributed by atoms with Crippen molar-refractivity contribution in [2.24, 2.45) is 5.92 Å². The van der Waals surface area contributed by atoms with Gasteiger partial charge in [0.2, 0.25) is 0 Å². The van der Waals surface area contributed by atoms with Crippen molar-refractivity contribution in [3.05, 3.63) is 0 Å². The number of ether oxygens (including phenoxy) is 1. The maximum Gasteiger partial charge on any atom is 0.0579 e. The summed E-state index contributed by atoms with van der Waals surface area (Å²) in [6, 6.07) is 0. The molecular formula is C11H20O. The van der Waals surface area contributed by atoms with Crippen LogP contribution >= 0.6 is 0 Å². The third-order valence-corrected chi connectivity index (χ3v) is 3.40. The van der Waals surface area contributed by atoms with Gasteiger partial charge in [-0.1, -0.05) is 6.92 Å². The van der Waals surface area contributed by atoms with Gasteiger partial charge in [-0.25, -0.2) is 0 Å². The molecule has 0 aromatic heterocycles. The molecule has 2 fully saturated rings. The molecule has 0 radical (unpaired) electrons. The van der Waals surface area contributed by atoms with Crippen LogP contribution in [0.15, 0.2) is 0 Å². The first-order valence-electron chi connectivity index (χ1n) is 5.50. The predicted molar refractivity (Wildman–Crippen MR) is 50.1 cm³/mol. The first-order chi connectivity index (χ1) is 5.84. The number of rotatable bonds is 2. The van der Waals surface area contributed by atoms with E-state index in [1.807, 2.05) is 0 Å². The molecule has 1 heteroatoms. The molecule has 0 spiro atoms. The van der Waals surface area contributed by atoms with E-state index in [2.05, 4.69) is 6.92 Å². The summed E-state index contributed by atoms with van der Waals surface area (Å²) in [5.41, 5.74) is 0. The maximum absolute atomic E-state index is 5.98. The van der Waals surface area contributed by atoms with Crippen molar-refractivity contribution < 1.29 is 4.74 Å². The average molecular weight is 168 g/mol. The standard InChI is InChI=1S/C11H20O/c1-9-5-7-11(8-6-9)12-10-3-2-4-10/h9-11H,2-8H2,1H3/t9-,11-. The van der Waals surface area contributed by atoms with Gasteiger partial charge in [0.05, 0.1) is 12.2 Å². The molecule has 2 aliphatic carbocycles. The first kappa shape index (κ1) is 8.55. The van der Waals surface area contributed by atoms with E-state index in [0.29, 0.717) is 12.2 Å². The third-order valence-electron chi connectivity index (χ3n) is 3.40. The van der Waals surface area contributed by atoms with Crippen LogP contribution in [0.1, 0.15) is 51.9 Å². The topological polar surface area (TPSA) is 9.23 Å². The van der Waals surface area contributed by atoms with Gasteiger partial charge in [0.15, 0.2) is 0 Å². The molecule has 0 heterocycles. The molecule has 70 valence electrons. The molecule has 0 aliphatic heterocycles. The highest BCUT2D eigenvalue weighted by molar-refractivity contribution is 4.75. The Morgan fingerprint density at radius 3 is 1.92 bits per heavy atom. The highest BCUT2D eigenvalue weighted by Gasteiger charge is 2.25. The molecule has 0 amide bonds. The molecule has 1 nitrogen and oxygen atoms in total. The van der Waals surface area contributed by atoms with Crippen molar-refractivity contribution in [3.63, 3.8) is 0 Å². The van der Waals surface area contributed by atoms with Gasteiger partial charge in [0.1, 0.15) is 0 Å². The summed E-state index contributed by atoms with van der Waals surface area (Å²) >= 11 is 0. The minimum Gasteiger partial charge on any atom is -0.375 e. The van der Waals surface area contributed by atoms with Crippen LogP contribution in [0.5, 0.6) is 0 Å². The van der Waals surface area contributed by atoms with Gasteiger partial charge in [-0.2, -0.15) is 0 Å². The Morgan fingerprint density at radius 2 is 1.42 bits per heavy atom. The number of hydrogen-bond acceptors (Lipinski definition) is 1. The highest BCUT2D eigenvalue weighted by atomic mass is 16.5. The summed E-state index contributed by atoms with van der Waals surface area (Å²) in [4.78, 5) is 0. The summed E-state index contributed by atoms with van der Waals surface area (Å²) in [7, 11) is 0. The summed E-state index contributed by atoms with van der Waals surface area (Å²) in [5.74, 6) is 0.950. The highest BCUT2D eigenvalue weighted by Crippen LogP contribution is 2.30. The lowest BCUT2D eigenvalue weighted by Crippen LogP contribution is -2.30. The fourth-order valence-corrected chi connectivity index (χ4v) is 2.14. The Kier molecular flexibility index (Phi) is 2.69. The van der Waals surface area contributed by atoms with Gasteiger partial charge in [0.25, 0.3) is 0 Å². The van der Waals surface area contributed by atoms with Crippen LogP contribution in [0.4, 0.5) is 0 Å². The smallest absolute Gasteiger partial charge is 0.0579 e. The van der Waals surface area contributed by atoms with Crippen molar-refractivity contribution in [1.29, 1.82) is 0 Å². The summed E-state index contributed by atoms with van der Waals surface area (Å²) in [6.45, 7) is 2.36. The van der Waals surface area contributed by atoms with Crippen molar-refractivity contribution >= 4 is 0 Å². The molecule has 0 N–H and O–H groups in total. The zero-order valence-electron chi connectivity index (χ0n) is 8.09. The van der Waals surface area contributed by atoms with Crippen LogP contribution in [0, 0.1) is 5.92 Å². The van der Waals surface area contributed by atoms with E-state index in [1.54, 1.807) is 0 Å². The van der Waals surface area contributed by atoms with Crippen LogP contribution < -0.4 is 0 Å². The summed E-state index contributed by atoms with van der Waals surface area (Å²) in [6.07, 6.45) is 10.7. The molecule has 0 atom stereocenters. The van der Waals surface area contributed by atoms with E-state index in [9.17, 15) is 0 Å². The van der Waals surface area contributed by atoms with Crippen LogP contribution in [-0.4, -0.2) is 12.2 Å². The molecule has 12 heavy (non-hydrogen) atoms. The minimum absolute atomic E-state index is 0.617. The van der Waals surface area contributed by atoms with Crippen molar-refractivity contribution in [2.45, 2.75) is 64.1 Å². The molecule has 2 aliphatic rings. The van der Waals surface area contributed by atoms with Crippen molar-refractivity contribution in [1.82, 2.24) is 0 Å². The van der Waals surface area contributed by atoms with E-state index in [4.69, 9.17) is 4.74 Å². The van der Waals surface area contributed by atoms with Crippen LogP contribution in [0.2, 0.25) is 0 Å². The Hall–Kier alpha value is -0.0400. The summed E-state index contributed by atoms with van der Waals surface area (Å²) in [5, 5.41) is 0. The Bertz CT molecular complexity index is 132. The van der Waals surface area contributed by atoms with E-state index >= 15 is 0 Å². The lowest BCUT2D eigenvalue weighted by molar-refractivity contribution is -0.0687. The molecule has 2 rings (SSSR count). The van der Waals surface area contributed by atoms with Gasteiger partial charge >= 0.3 is 0 Å². The quantitative estimate of drug-likeness (QED) is 0.615. The molecule has 0 bridgehead atoms. The molecule has 0 saturated heterocycles. The summed E-state index contributed by atoms with van der Waals surface area (Å²) < 4.78 is 5.98. The molecule has 0 unspecified atom stereocenters. The van der Waals surface area contributed by atoms with Crippen LogP contribution in [0.25, 0.3) is 0 Å². The van der Waals surface area contributed by atoms with Gasteiger partial charge in [-0.3, -0.25) is 0 Å². The van der Waals surface area contributed by atoms with Gasteiger partial charge in [-0.15, -0.1) is 0 Å². The third kappa shape index (κ3) is 2.01. The second-order valence-corrected chi connectivity index (χ2v) is 4.57. The fourth-order valence-electron chi connectivity index (χ4n) is 2.14. The zero-order valence-corrected chi connectivity index (χ0v) is 8.09. The SMILES string of the molecule is C[C@H]1CC[C@H](OC2CCC2)CC1. The molecule has 0 aromatic carbocycles.